The van der Waals surface area contributed by atoms with Crippen LogP contribution in [0.5, 0.6) is 6.01 Å². The molecule has 12 nitrogen and oxygen atoms in total. The summed E-state index contributed by atoms with van der Waals surface area (Å²) in [7, 11) is 3.43. The molecule has 4 aromatic rings. The number of nitrogens with two attached hydrogens (primary N) is 1. The minimum atomic E-state index is -0.874. The molecule has 0 radical (unpaired) electrons. The fourth-order valence-electron chi connectivity index (χ4n) is 8.09. The number of amides is 1. The highest BCUT2D eigenvalue weighted by Gasteiger charge is 2.49. The van der Waals surface area contributed by atoms with Gasteiger partial charge in [-0.1, -0.05) is 0 Å². The Hall–Kier alpha value is -4.55. The maximum Gasteiger partial charge on any atom is 0.318 e. The summed E-state index contributed by atoms with van der Waals surface area (Å²) in [6, 6.07) is 7.40. The van der Waals surface area contributed by atoms with Crippen molar-refractivity contribution < 1.29 is 18.3 Å². The summed E-state index contributed by atoms with van der Waals surface area (Å²) in [5, 5.41) is 15.3. The van der Waals surface area contributed by atoms with E-state index in [1.807, 2.05) is 10.7 Å². The van der Waals surface area contributed by atoms with E-state index in [-0.39, 0.29) is 23.0 Å². The number of thiophene rings is 1. The van der Waals surface area contributed by atoms with Crippen molar-refractivity contribution >= 4 is 43.8 Å². The number of alkyl halides is 1. The molecule has 2 atom stereocenters. The molecule has 0 unspecified atom stereocenters. The lowest BCUT2D eigenvalue weighted by molar-refractivity contribution is 0.0821. The minimum Gasteiger partial charge on any atom is -0.461 e. The molecule has 3 aromatic heterocycles. The molecule has 4 aliphatic rings. The van der Waals surface area contributed by atoms with Gasteiger partial charge in [0.05, 0.1) is 40.3 Å². The van der Waals surface area contributed by atoms with E-state index in [1.165, 1.54) is 11.0 Å². The minimum absolute atomic E-state index is 0.146. The van der Waals surface area contributed by atoms with Crippen molar-refractivity contribution in [3.63, 3.8) is 0 Å². The molecule has 0 saturated carbocycles. The van der Waals surface area contributed by atoms with E-state index < -0.39 is 12.0 Å². The molecule has 4 aliphatic heterocycles. The number of hydrogen-bond acceptors (Lipinski definition) is 11. The summed E-state index contributed by atoms with van der Waals surface area (Å²) in [5.74, 6) is 0.215. The van der Waals surface area contributed by atoms with Crippen LogP contribution in [0.15, 0.2) is 18.2 Å². The first kappa shape index (κ1) is 31.7. The van der Waals surface area contributed by atoms with Crippen LogP contribution in [0.1, 0.15) is 58.7 Å². The van der Waals surface area contributed by atoms with Gasteiger partial charge in [0.25, 0.3) is 5.91 Å². The van der Waals surface area contributed by atoms with Crippen LogP contribution in [0, 0.1) is 17.1 Å². The van der Waals surface area contributed by atoms with Crippen LogP contribution < -0.4 is 20.3 Å². The third-order valence-electron chi connectivity index (χ3n) is 10.4. The lowest BCUT2D eigenvalue weighted by Gasteiger charge is -2.34. The van der Waals surface area contributed by atoms with Crippen molar-refractivity contribution in [1.29, 1.82) is 5.26 Å². The van der Waals surface area contributed by atoms with Gasteiger partial charge >= 0.3 is 6.01 Å². The second kappa shape index (κ2) is 12.1. The zero-order chi connectivity index (χ0) is 34.0. The first-order chi connectivity index (χ1) is 23.6. The number of aromatic nitrogens is 4. The number of nitrogen functional groups attached to an aromatic ring is 1. The summed E-state index contributed by atoms with van der Waals surface area (Å²) in [5.41, 5.74) is 9.91. The third kappa shape index (κ3) is 5.41. The number of hydrogen-bond donors (Lipinski definition) is 1. The van der Waals surface area contributed by atoms with Gasteiger partial charge in [0.15, 0.2) is 5.69 Å². The number of halogens is 2. The maximum atomic E-state index is 14.9. The third-order valence-corrected chi connectivity index (χ3v) is 11.5. The molecule has 2 fully saturated rings. The SMILES string of the molecule is CN(C)C(=O)c1cc2n(n1)CCCN(c1nc(OC[C@@]34CCCN3C[C@H](F)C4)nc3c1CCN(c1ccc(F)c4sc(N)c(C#N)c14)C3)C2. The monoisotopic (exact) mass is 688 g/mol. The van der Waals surface area contributed by atoms with Gasteiger partial charge in [0.1, 0.15) is 35.5 Å². The van der Waals surface area contributed by atoms with Crippen molar-refractivity contribution in [3.8, 4) is 12.1 Å². The Bertz CT molecular complexity index is 2010. The molecule has 1 aromatic carbocycles. The highest BCUT2D eigenvalue weighted by molar-refractivity contribution is 7.23. The van der Waals surface area contributed by atoms with Gasteiger partial charge in [0.2, 0.25) is 0 Å². The average Bonchev–Trinajstić information content (AvgIpc) is 3.80. The molecule has 49 heavy (non-hydrogen) atoms. The van der Waals surface area contributed by atoms with Crippen molar-refractivity contribution in [2.24, 2.45) is 0 Å². The lowest BCUT2D eigenvalue weighted by Crippen LogP contribution is -2.43. The van der Waals surface area contributed by atoms with Gasteiger partial charge in [-0.3, -0.25) is 14.4 Å². The highest BCUT2D eigenvalue weighted by atomic mass is 32.1. The smallest absolute Gasteiger partial charge is 0.318 e. The molecule has 0 spiro atoms. The van der Waals surface area contributed by atoms with Gasteiger partial charge in [-0.2, -0.15) is 20.3 Å². The van der Waals surface area contributed by atoms with E-state index in [0.29, 0.717) is 79.5 Å². The molecular weight excluding hydrogens is 651 g/mol. The van der Waals surface area contributed by atoms with E-state index in [9.17, 15) is 18.8 Å². The number of nitrogens with zero attached hydrogens (tertiary/aromatic N) is 9. The molecule has 1 amide bonds. The normalized spacial score (nSPS) is 22.1. The predicted molar refractivity (Wildman–Crippen MR) is 182 cm³/mol. The number of fused-ring (bicyclic) bond motifs is 4. The van der Waals surface area contributed by atoms with Crippen LogP contribution in [0.2, 0.25) is 0 Å². The molecule has 256 valence electrons. The maximum absolute atomic E-state index is 14.9. The second-order valence-electron chi connectivity index (χ2n) is 13.7. The number of ether oxygens (including phenoxy) is 1. The summed E-state index contributed by atoms with van der Waals surface area (Å²) >= 11 is 1.08. The molecule has 0 aliphatic carbocycles. The van der Waals surface area contributed by atoms with E-state index in [0.717, 1.165) is 65.6 Å². The number of carbonyl (C=O) groups is 1. The topological polar surface area (TPSA) is 133 Å². The number of anilines is 3. The fraction of sp³-hybridized carbons (Fsp3) is 0.500. The molecule has 2 saturated heterocycles. The van der Waals surface area contributed by atoms with E-state index in [2.05, 4.69) is 25.9 Å². The zero-order valence-electron chi connectivity index (χ0n) is 27.6. The molecule has 8 rings (SSSR count). The molecule has 2 N–H and O–H groups in total. The van der Waals surface area contributed by atoms with E-state index in [1.54, 1.807) is 20.2 Å². The average molecular weight is 689 g/mol. The first-order valence-corrected chi connectivity index (χ1v) is 17.6. The summed E-state index contributed by atoms with van der Waals surface area (Å²) in [6.07, 6.45) is 2.84. The zero-order valence-corrected chi connectivity index (χ0v) is 28.4. The number of aryl methyl sites for hydroxylation is 1. The summed E-state index contributed by atoms with van der Waals surface area (Å²) < 4.78 is 38.2. The van der Waals surface area contributed by atoms with Crippen LogP contribution in [0.3, 0.4) is 0 Å². The van der Waals surface area contributed by atoms with Crippen molar-refractivity contribution in [2.45, 2.75) is 63.4 Å². The quantitative estimate of drug-likeness (QED) is 0.316. The number of benzene rings is 1. The standard InChI is InChI=1S/C34H38F2N10O2S/c1-42(2)32(47)25-13-21-17-44(9-4-11-46(21)41-25)31-22-7-12-43(27-6-5-24(36)29-28(27)23(15-37)30(38)49-29)18-26(22)39-33(40-31)48-19-34-8-3-10-45(34)16-20(35)14-34/h5-6,13,20H,3-4,7-12,14,16-19,38H2,1-2H3/t20-,34+/m1/s1. The van der Waals surface area contributed by atoms with Crippen molar-refractivity contribution in [3.05, 3.63) is 52.2 Å². The number of nitriles is 1. The molecular formula is C34H38F2N10O2S. The van der Waals surface area contributed by atoms with Gasteiger partial charge in [0, 0.05) is 63.3 Å². The van der Waals surface area contributed by atoms with Gasteiger partial charge in [-0.15, -0.1) is 11.3 Å². The van der Waals surface area contributed by atoms with Gasteiger partial charge in [-0.25, -0.2) is 8.78 Å². The van der Waals surface area contributed by atoms with Crippen LogP contribution in [-0.2, 0) is 26.1 Å². The predicted octanol–water partition coefficient (Wildman–Crippen LogP) is 4.11. The van der Waals surface area contributed by atoms with Crippen molar-refractivity contribution in [2.75, 3.05) is 62.4 Å². The summed E-state index contributed by atoms with van der Waals surface area (Å²) in [6.45, 7) is 4.46. The van der Waals surface area contributed by atoms with E-state index in [4.69, 9.17) is 20.4 Å². The van der Waals surface area contributed by atoms with Crippen LogP contribution in [0.4, 0.5) is 25.3 Å². The lowest BCUT2D eigenvalue weighted by atomic mass is 9.95. The van der Waals surface area contributed by atoms with Crippen LogP contribution in [0.25, 0.3) is 10.1 Å². The van der Waals surface area contributed by atoms with Gasteiger partial charge in [-0.05, 0) is 50.4 Å². The van der Waals surface area contributed by atoms with Crippen LogP contribution in [-0.4, -0.2) is 94.0 Å². The first-order valence-electron chi connectivity index (χ1n) is 16.7. The Morgan fingerprint density at radius 1 is 1.18 bits per heavy atom. The van der Waals surface area contributed by atoms with Crippen molar-refractivity contribution in [1.82, 2.24) is 29.5 Å². The molecule has 0 bridgehead atoms. The fourth-order valence-corrected chi connectivity index (χ4v) is 9.04. The highest BCUT2D eigenvalue weighted by Crippen LogP contribution is 2.43. The Labute approximate surface area is 286 Å². The molecule has 15 heteroatoms. The Kier molecular flexibility index (Phi) is 7.83. The Morgan fingerprint density at radius 3 is 2.86 bits per heavy atom. The summed E-state index contributed by atoms with van der Waals surface area (Å²) in [4.78, 5) is 30.8. The number of rotatable bonds is 6. The Morgan fingerprint density at radius 2 is 2.04 bits per heavy atom. The second-order valence-corrected chi connectivity index (χ2v) is 14.8. The van der Waals surface area contributed by atoms with Crippen LogP contribution >= 0.6 is 11.3 Å². The van der Waals surface area contributed by atoms with Gasteiger partial charge < -0.3 is 25.2 Å². The number of carbonyl (C=O) groups excluding carboxylic acids is 1. The largest absolute Gasteiger partial charge is 0.461 e. The Balaban J connectivity index is 1.16. The molecule has 7 heterocycles. The van der Waals surface area contributed by atoms with E-state index >= 15 is 0 Å².